The van der Waals surface area contributed by atoms with Crippen LogP contribution in [-0.4, -0.2) is 16.5 Å². The Bertz CT molecular complexity index is 818. The Morgan fingerprint density at radius 2 is 1.88 bits per heavy atom. The summed E-state index contributed by atoms with van der Waals surface area (Å²) in [6.07, 6.45) is 1.71. The van der Waals surface area contributed by atoms with Crippen LogP contribution in [-0.2, 0) is 0 Å². The van der Waals surface area contributed by atoms with Crippen LogP contribution in [0.3, 0.4) is 0 Å². The molecule has 0 amide bonds. The van der Waals surface area contributed by atoms with Crippen molar-refractivity contribution in [1.82, 2.24) is 9.97 Å². The zero-order valence-electron chi connectivity index (χ0n) is 13.7. The van der Waals surface area contributed by atoms with Gasteiger partial charge in [-0.05, 0) is 61.9 Å². The molecule has 0 atom stereocenters. The van der Waals surface area contributed by atoms with E-state index in [-0.39, 0.29) is 5.82 Å². The van der Waals surface area contributed by atoms with E-state index in [0.29, 0.717) is 5.95 Å². The van der Waals surface area contributed by atoms with Crippen LogP contribution in [0.25, 0.3) is 0 Å². The molecule has 3 rings (SSSR count). The van der Waals surface area contributed by atoms with Crippen LogP contribution >= 0.6 is 0 Å². The van der Waals surface area contributed by atoms with Crippen LogP contribution in [0, 0.1) is 12.7 Å². The van der Waals surface area contributed by atoms with Gasteiger partial charge in [0.1, 0.15) is 11.6 Å². The number of halogens is 1. The Morgan fingerprint density at radius 1 is 1.08 bits per heavy atom. The SMILES string of the molecule is CCN(c1cccc(C)c1)c1ccnc(Nc2ccc(F)cc2)n1. The summed E-state index contributed by atoms with van der Waals surface area (Å²) in [5.41, 5.74) is 3.03. The second kappa shape index (κ2) is 7.08. The van der Waals surface area contributed by atoms with Gasteiger partial charge in [0.25, 0.3) is 0 Å². The minimum absolute atomic E-state index is 0.271. The molecular weight excluding hydrogens is 303 g/mol. The van der Waals surface area contributed by atoms with E-state index >= 15 is 0 Å². The lowest BCUT2D eigenvalue weighted by Crippen LogP contribution is -2.18. The van der Waals surface area contributed by atoms with Crippen LogP contribution in [0.1, 0.15) is 12.5 Å². The average molecular weight is 322 g/mol. The summed E-state index contributed by atoms with van der Waals surface area (Å²) in [6.45, 7) is 4.94. The third kappa shape index (κ3) is 3.68. The molecule has 0 aliphatic carbocycles. The van der Waals surface area contributed by atoms with Gasteiger partial charge in [-0.1, -0.05) is 12.1 Å². The van der Waals surface area contributed by atoms with Crippen molar-refractivity contribution < 1.29 is 4.39 Å². The first-order chi connectivity index (χ1) is 11.7. The maximum Gasteiger partial charge on any atom is 0.229 e. The lowest BCUT2D eigenvalue weighted by atomic mass is 10.2. The molecule has 0 aliphatic heterocycles. The number of anilines is 4. The zero-order chi connectivity index (χ0) is 16.9. The molecule has 1 heterocycles. The predicted octanol–water partition coefficient (Wildman–Crippen LogP) is 4.83. The van der Waals surface area contributed by atoms with Gasteiger partial charge in [-0.25, -0.2) is 9.37 Å². The van der Waals surface area contributed by atoms with E-state index in [1.807, 2.05) is 12.1 Å². The number of aryl methyl sites for hydroxylation is 1. The molecule has 122 valence electrons. The van der Waals surface area contributed by atoms with E-state index in [4.69, 9.17) is 0 Å². The highest BCUT2D eigenvalue weighted by atomic mass is 19.1. The monoisotopic (exact) mass is 322 g/mol. The average Bonchev–Trinajstić information content (AvgIpc) is 2.58. The highest BCUT2D eigenvalue weighted by Crippen LogP contribution is 2.25. The number of nitrogens with one attached hydrogen (secondary N) is 1. The third-order valence-corrected chi connectivity index (χ3v) is 3.65. The van der Waals surface area contributed by atoms with Crippen LogP contribution in [0.5, 0.6) is 0 Å². The summed E-state index contributed by atoms with van der Waals surface area (Å²) in [7, 11) is 0. The fourth-order valence-corrected chi connectivity index (χ4v) is 2.49. The van der Waals surface area contributed by atoms with Crippen LogP contribution in [0.2, 0.25) is 0 Å². The predicted molar refractivity (Wildman–Crippen MR) is 95.6 cm³/mol. The molecule has 0 saturated heterocycles. The van der Waals surface area contributed by atoms with Gasteiger partial charge < -0.3 is 10.2 Å². The Morgan fingerprint density at radius 3 is 2.58 bits per heavy atom. The van der Waals surface area contributed by atoms with Gasteiger partial charge in [0, 0.05) is 24.1 Å². The van der Waals surface area contributed by atoms with Crippen molar-refractivity contribution in [1.29, 1.82) is 0 Å². The van der Waals surface area contributed by atoms with Crippen LogP contribution < -0.4 is 10.2 Å². The summed E-state index contributed by atoms with van der Waals surface area (Å²) in [6, 6.07) is 16.3. The van der Waals surface area contributed by atoms with E-state index in [9.17, 15) is 4.39 Å². The largest absolute Gasteiger partial charge is 0.326 e. The molecular formula is C19H19FN4. The minimum Gasteiger partial charge on any atom is -0.326 e. The molecule has 2 aromatic carbocycles. The van der Waals surface area contributed by atoms with Crippen LogP contribution in [0.4, 0.5) is 27.5 Å². The molecule has 0 fully saturated rings. The second-order valence-electron chi connectivity index (χ2n) is 5.45. The van der Waals surface area contributed by atoms with E-state index in [2.05, 4.69) is 52.2 Å². The summed E-state index contributed by atoms with van der Waals surface area (Å²) in [4.78, 5) is 10.9. The van der Waals surface area contributed by atoms with Gasteiger partial charge in [0.2, 0.25) is 5.95 Å². The van der Waals surface area contributed by atoms with E-state index in [1.165, 1.54) is 17.7 Å². The lowest BCUT2D eigenvalue weighted by molar-refractivity contribution is 0.628. The summed E-state index contributed by atoms with van der Waals surface area (Å²) >= 11 is 0. The molecule has 5 heteroatoms. The molecule has 0 saturated carbocycles. The maximum absolute atomic E-state index is 13.0. The first kappa shape index (κ1) is 15.9. The van der Waals surface area contributed by atoms with Gasteiger partial charge >= 0.3 is 0 Å². The number of hydrogen-bond donors (Lipinski definition) is 1. The molecule has 0 unspecified atom stereocenters. The van der Waals surface area contributed by atoms with Gasteiger partial charge in [-0.15, -0.1) is 0 Å². The number of rotatable bonds is 5. The quantitative estimate of drug-likeness (QED) is 0.731. The van der Waals surface area contributed by atoms with Gasteiger partial charge in [0.15, 0.2) is 0 Å². The Hall–Kier alpha value is -2.95. The molecule has 1 N–H and O–H groups in total. The summed E-state index contributed by atoms with van der Waals surface area (Å²) in [5, 5.41) is 3.10. The van der Waals surface area contributed by atoms with Crippen molar-refractivity contribution in [2.45, 2.75) is 13.8 Å². The molecule has 0 bridgehead atoms. The standard InChI is InChI=1S/C19H19FN4/c1-3-24(17-6-4-5-14(2)13-17)18-11-12-21-19(23-18)22-16-9-7-15(20)8-10-16/h4-13H,3H2,1-2H3,(H,21,22,23). The van der Waals surface area contributed by atoms with Crippen molar-refractivity contribution >= 4 is 23.1 Å². The molecule has 1 aromatic heterocycles. The zero-order valence-corrected chi connectivity index (χ0v) is 13.7. The van der Waals surface area contributed by atoms with E-state index in [0.717, 1.165) is 23.7 Å². The minimum atomic E-state index is -0.271. The van der Waals surface area contributed by atoms with Crippen molar-refractivity contribution in [3.05, 3.63) is 72.2 Å². The molecule has 0 radical (unpaired) electrons. The van der Waals surface area contributed by atoms with Crippen molar-refractivity contribution in [3.63, 3.8) is 0 Å². The molecule has 3 aromatic rings. The van der Waals surface area contributed by atoms with E-state index < -0.39 is 0 Å². The Labute approximate surface area is 141 Å². The third-order valence-electron chi connectivity index (χ3n) is 3.65. The van der Waals surface area contributed by atoms with Gasteiger partial charge in [-0.3, -0.25) is 0 Å². The lowest BCUT2D eigenvalue weighted by Gasteiger charge is -2.22. The maximum atomic E-state index is 13.0. The fourth-order valence-electron chi connectivity index (χ4n) is 2.49. The Balaban J connectivity index is 1.87. The van der Waals surface area contributed by atoms with Crippen molar-refractivity contribution in [2.75, 3.05) is 16.8 Å². The number of benzene rings is 2. The van der Waals surface area contributed by atoms with Gasteiger partial charge in [-0.2, -0.15) is 4.98 Å². The van der Waals surface area contributed by atoms with Crippen molar-refractivity contribution in [2.24, 2.45) is 0 Å². The Kier molecular flexibility index (Phi) is 4.70. The van der Waals surface area contributed by atoms with Crippen molar-refractivity contribution in [3.8, 4) is 0 Å². The molecule has 0 spiro atoms. The highest BCUT2D eigenvalue weighted by molar-refractivity contribution is 5.62. The summed E-state index contributed by atoms with van der Waals surface area (Å²) < 4.78 is 13.0. The molecule has 24 heavy (non-hydrogen) atoms. The van der Waals surface area contributed by atoms with Gasteiger partial charge in [0.05, 0.1) is 0 Å². The number of hydrogen-bond acceptors (Lipinski definition) is 4. The first-order valence-corrected chi connectivity index (χ1v) is 7.85. The first-order valence-electron chi connectivity index (χ1n) is 7.85. The molecule has 0 aliphatic rings. The summed E-state index contributed by atoms with van der Waals surface area (Å²) in [5.74, 6) is 1.01. The topological polar surface area (TPSA) is 41.1 Å². The highest BCUT2D eigenvalue weighted by Gasteiger charge is 2.10. The fraction of sp³-hybridized carbons (Fsp3) is 0.158. The smallest absolute Gasteiger partial charge is 0.229 e. The molecule has 4 nitrogen and oxygen atoms in total. The van der Waals surface area contributed by atoms with E-state index in [1.54, 1.807) is 18.3 Å². The van der Waals surface area contributed by atoms with Crippen LogP contribution in [0.15, 0.2) is 60.8 Å². The second-order valence-corrected chi connectivity index (χ2v) is 5.45. The normalized spacial score (nSPS) is 10.5. The number of nitrogens with zero attached hydrogens (tertiary/aromatic N) is 3. The number of aromatic nitrogens is 2.